The molecule has 26 heavy (non-hydrogen) atoms. The molecular formula is C19H22FN5O. The van der Waals surface area contributed by atoms with E-state index in [4.69, 9.17) is 0 Å². The van der Waals surface area contributed by atoms with Crippen molar-refractivity contribution >= 4 is 23.0 Å². The van der Waals surface area contributed by atoms with Crippen LogP contribution in [0.15, 0.2) is 46.9 Å². The number of hydrogen-bond donors (Lipinski definition) is 1. The van der Waals surface area contributed by atoms with Gasteiger partial charge in [-0.1, -0.05) is 13.3 Å². The molecular weight excluding hydrogens is 333 g/mol. The molecule has 0 spiro atoms. The molecule has 6 nitrogen and oxygen atoms in total. The number of halogens is 1. The highest BCUT2D eigenvalue weighted by Gasteiger charge is 2.37. The number of imidazole rings is 1. The number of benzene rings is 1. The van der Waals surface area contributed by atoms with Gasteiger partial charge in [0.1, 0.15) is 11.7 Å². The lowest BCUT2D eigenvalue weighted by Gasteiger charge is -2.14. The normalized spacial score (nSPS) is 17.7. The lowest BCUT2D eigenvalue weighted by molar-refractivity contribution is -0.118. The maximum absolute atomic E-state index is 13.2. The minimum absolute atomic E-state index is 0.136. The minimum atomic E-state index is -0.443. The number of anilines is 1. The number of carbonyl (C=O) groups is 1. The quantitative estimate of drug-likeness (QED) is 0.773. The molecule has 1 atom stereocenters. The van der Waals surface area contributed by atoms with E-state index >= 15 is 0 Å². The number of hydrogen-bond acceptors (Lipinski definition) is 4. The number of aliphatic imine (C=N–C) groups is 1. The predicted octanol–water partition coefficient (Wildman–Crippen LogP) is 3.37. The Hall–Kier alpha value is -2.83. The van der Waals surface area contributed by atoms with E-state index in [0.29, 0.717) is 12.2 Å². The van der Waals surface area contributed by atoms with Gasteiger partial charge in [0.05, 0.1) is 17.7 Å². The first kappa shape index (κ1) is 18.0. The molecule has 1 aliphatic rings. The van der Waals surface area contributed by atoms with Gasteiger partial charge in [0, 0.05) is 30.6 Å². The third-order valence-electron chi connectivity index (χ3n) is 4.31. The number of H-pyrrole nitrogens is 1. The Morgan fingerprint density at radius 3 is 2.73 bits per heavy atom. The SMILES string of the molecule is CCCC1=NN(c2ccc(F)cc2)C(=O)[C@H]1C(C)=NCCc1cnc[nH]1. The highest BCUT2D eigenvalue weighted by Crippen LogP contribution is 2.26. The molecule has 1 N–H and O–H groups in total. The standard InChI is InChI=1S/C19H22FN5O/c1-3-4-17-18(13(2)22-10-9-15-11-21-12-23-15)19(26)25(24-17)16-7-5-14(20)6-8-16/h5-8,11-12,18H,3-4,9-10H2,1-2H3,(H,21,23)/t18-/m0/s1. The maximum atomic E-state index is 13.2. The van der Waals surface area contributed by atoms with Crippen molar-refractivity contribution in [1.29, 1.82) is 0 Å². The maximum Gasteiger partial charge on any atom is 0.261 e. The Morgan fingerprint density at radius 1 is 1.31 bits per heavy atom. The number of nitrogens with one attached hydrogen (secondary N) is 1. The third kappa shape index (κ3) is 3.87. The molecule has 0 unspecified atom stereocenters. The Kier molecular flexibility index (Phi) is 5.55. The molecule has 0 saturated heterocycles. The summed E-state index contributed by atoms with van der Waals surface area (Å²) in [5.41, 5.74) is 3.14. The van der Waals surface area contributed by atoms with Gasteiger partial charge in [0.2, 0.25) is 0 Å². The molecule has 1 amide bonds. The fourth-order valence-corrected chi connectivity index (χ4v) is 3.00. The fraction of sp³-hybridized carbons (Fsp3) is 0.368. The van der Waals surface area contributed by atoms with Gasteiger partial charge in [-0.25, -0.2) is 9.37 Å². The van der Waals surface area contributed by atoms with Crippen LogP contribution in [-0.2, 0) is 11.2 Å². The average molecular weight is 355 g/mol. The molecule has 3 rings (SSSR count). The van der Waals surface area contributed by atoms with E-state index in [0.717, 1.165) is 36.4 Å². The molecule has 0 aliphatic carbocycles. The second kappa shape index (κ2) is 8.03. The zero-order chi connectivity index (χ0) is 18.5. The number of nitrogens with zero attached hydrogens (tertiary/aromatic N) is 4. The monoisotopic (exact) mass is 355 g/mol. The van der Waals surface area contributed by atoms with Crippen LogP contribution in [0.4, 0.5) is 10.1 Å². The molecule has 1 aromatic heterocycles. The fourth-order valence-electron chi connectivity index (χ4n) is 3.00. The summed E-state index contributed by atoms with van der Waals surface area (Å²) in [6, 6.07) is 5.79. The number of carbonyl (C=O) groups excluding carboxylic acids is 1. The lowest BCUT2D eigenvalue weighted by atomic mass is 9.95. The van der Waals surface area contributed by atoms with E-state index in [1.807, 2.05) is 6.92 Å². The summed E-state index contributed by atoms with van der Waals surface area (Å²) in [5.74, 6) is -0.920. The molecule has 0 bridgehead atoms. The molecule has 0 radical (unpaired) electrons. The summed E-state index contributed by atoms with van der Waals surface area (Å²) >= 11 is 0. The summed E-state index contributed by atoms with van der Waals surface area (Å²) < 4.78 is 13.2. The second-order valence-corrected chi connectivity index (χ2v) is 6.25. The van der Waals surface area contributed by atoms with E-state index in [9.17, 15) is 9.18 Å². The van der Waals surface area contributed by atoms with Crippen LogP contribution in [0.2, 0.25) is 0 Å². The Bertz CT molecular complexity index is 811. The lowest BCUT2D eigenvalue weighted by Crippen LogP contribution is -2.32. The molecule has 1 aromatic carbocycles. The van der Waals surface area contributed by atoms with Crippen LogP contribution < -0.4 is 5.01 Å². The van der Waals surface area contributed by atoms with Crippen molar-refractivity contribution in [3.63, 3.8) is 0 Å². The first-order chi connectivity index (χ1) is 12.6. The number of aromatic amines is 1. The van der Waals surface area contributed by atoms with Crippen molar-refractivity contribution < 1.29 is 9.18 Å². The van der Waals surface area contributed by atoms with Gasteiger partial charge in [0.25, 0.3) is 5.91 Å². The molecule has 7 heteroatoms. The zero-order valence-corrected chi connectivity index (χ0v) is 14.9. The number of amides is 1. The first-order valence-electron chi connectivity index (χ1n) is 8.75. The van der Waals surface area contributed by atoms with Crippen molar-refractivity contribution in [1.82, 2.24) is 9.97 Å². The zero-order valence-electron chi connectivity index (χ0n) is 14.9. The molecule has 136 valence electrons. The Balaban J connectivity index is 1.77. The summed E-state index contributed by atoms with van der Waals surface area (Å²) in [6.07, 6.45) is 5.76. The van der Waals surface area contributed by atoms with E-state index in [2.05, 4.69) is 27.0 Å². The van der Waals surface area contributed by atoms with Crippen molar-refractivity contribution in [2.75, 3.05) is 11.6 Å². The van der Waals surface area contributed by atoms with Gasteiger partial charge >= 0.3 is 0 Å². The van der Waals surface area contributed by atoms with Crippen LogP contribution in [0.5, 0.6) is 0 Å². The van der Waals surface area contributed by atoms with E-state index in [-0.39, 0.29) is 11.7 Å². The van der Waals surface area contributed by atoms with Gasteiger partial charge in [-0.05, 0) is 37.6 Å². The van der Waals surface area contributed by atoms with Crippen LogP contribution in [0, 0.1) is 11.7 Å². The molecule has 0 fully saturated rings. The largest absolute Gasteiger partial charge is 0.348 e. The Morgan fingerprint density at radius 2 is 2.08 bits per heavy atom. The molecule has 1 aliphatic heterocycles. The van der Waals surface area contributed by atoms with Gasteiger partial charge in [-0.3, -0.25) is 9.79 Å². The van der Waals surface area contributed by atoms with Crippen LogP contribution >= 0.6 is 0 Å². The van der Waals surface area contributed by atoms with Gasteiger partial charge in [0.15, 0.2) is 0 Å². The van der Waals surface area contributed by atoms with Gasteiger partial charge in [-0.15, -0.1) is 0 Å². The smallest absolute Gasteiger partial charge is 0.261 e. The topological polar surface area (TPSA) is 73.7 Å². The first-order valence-corrected chi connectivity index (χ1v) is 8.75. The third-order valence-corrected chi connectivity index (χ3v) is 4.31. The summed E-state index contributed by atoms with van der Waals surface area (Å²) in [6.45, 7) is 4.50. The Labute approximate surface area is 151 Å². The van der Waals surface area contributed by atoms with E-state index in [1.165, 1.54) is 17.1 Å². The average Bonchev–Trinajstić information content (AvgIpc) is 3.24. The highest BCUT2D eigenvalue weighted by atomic mass is 19.1. The van der Waals surface area contributed by atoms with Crippen LogP contribution in [0.1, 0.15) is 32.4 Å². The second-order valence-electron chi connectivity index (χ2n) is 6.25. The van der Waals surface area contributed by atoms with Crippen LogP contribution in [-0.4, -0.2) is 33.8 Å². The number of hydrazone groups is 1. The molecule has 0 saturated carbocycles. The van der Waals surface area contributed by atoms with Crippen molar-refractivity contribution in [3.05, 3.63) is 48.3 Å². The van der Waals surface area contributed by atoms with Crippen molar-refractivity contribution in [3.8, 4) is 0 Å². The summed E-state index contributed by atoms with van der Waals surface area (Å²) in [4.78, 5) is 24.5. The number of rotatable bonds is 7. The van der Waals surface area contributed by atoms with Crippen molar-refractivity contribution in [2.45, 2.75) is 33.1 Å². The van der Waals surface area contributed by atoms with Crippen LogP contribution in [0.25, 0.3) is 0 Å². The van der Waals surface area contributed by atoms with Crippen molar-refractivity contribution in [2.24, 2.45) is 16.0 Å². The van der Waals surface area contributed by atoms with E-state index in [1.54, 1.807) is 24.7 Å². The molecule has 2 heterocycles. The highest BCUT2D eigenvalue weighted by molar-refractivity contribution is 6.28. The molecule has 2 aromatic rings. The summed E-state index contributed by atoms with van der Waals surface area (Å²) in [5, 5.41) is 5.86. The van der Waals surface area contributed by atoms with Gasteiger partial charge < -0.3 is 4.98 Å². The summed E-state index contributed by atoms with van der Waals surface area (Å²) in [7, 11) is 0. The van der Waals surface area contributed by atoms with Crippen LogP contribution in [0.3, 0.4) is 0 Å². The predicted molar refractivity (Wildman–Crippen MR) is 100.0 cm³/mol. The van der Waals surface area contributed by atoms with Gasteiger partial charge in [-0.2, -0.15) is 10.1 Å². The van der Waals surface area contributed by atoms with E-state index < -0.39 is 5.92 Å². The number of aromatic nitrogens is 2. The minimum Gasteiger partial charge on any atom is -0.348 e.